The minimum absolute atomic E-state index is 0.297. The van der Waals surface area contributed by atoms with Crippen molar-refractivity contribution in [2.24, 2.45) is 0 Å². The van der Waals surface area contributed by atoms with Gasteiger partial charge in [0.1, 0.15) is 23.4 Å². The molecule has 6 heteroatoms. The van der Waals surface area contributed by atoms with Crippen LogP contribution >= 0.6 is 0 Å². The number of aromatic nitrogens is 1. The molecule has 0 aliphatic heterocycles. The van der Waals surface area contributed by atoms with Crippen molar-refractivity contribution in [3.63, 3.8) is 0 Å². The number of aryl methyl sites for hydroxylation is 1. The fourth-order valence-electron chi connectivity index (χ4n) is 2.44. The van der Waals surface area contributed by atoms with Crippen molar-refractivity contribution in [2.75, 3.05) is 10.6 Å². The number of pyridine rings is 1. The molecule has 2 N–H and O–H groups in total. The number of hydrogen-bond acceptors (Lipinski definition) is 4. The Balaban J connectivity index is 1.59. The van der Waals surface area contributed by atoms with Crippen LogP contribution in [0, 0.1) is 24.1 Å². The highest BCUT2D eigenvalue weighted by molar-refractivity contribution is 6.04. The summed E-state index contributed by atoms with van der Waals surface area (Å²) in [4.78, 5) is 16.4. The lowest BCUT2D eigenvalue weighted by Crippen LogP contribution is -2.11. The number of carbonyl (C=O) groups excluding carboxylic acids is 1. The van der Waals surface area contributed by atoms with Gasteiger partial charge in [-0.3, -0.25) is 4.79 Å². The molecule has 0 radical (unpaired) electrons. The quantitative estimate of drug-likeness (QED) is 0.712. The van der Waals surface area contributed by atoms with Crippen LogP contribution in [0.5, 0.6) is 0 Å². The van der Waals surface area contributed by atoms with Gasteiger partial charge < -0.3 is 10.6 Å². The van der Waals surface area contributed by atoms with Gasteiger partial charge in [-0.05, 0) is 60.5 Å². The molecule has 3 aromatic rings. The van der Waals surface area contributed by atoms with Crippen molar-refractivity contribution < 1.29 is 9.18 Å². The van der Waals surface area contributed by atoms with E-state index in [1.165, 1.54) is 24.3 Å². The molecule has 0 saturated heterocycles. The molecule has 0 aliphatic rings. The van der Waals surface area contributed by atoms with Gasteiger partial charge in [0.25, 0.3) is 5.91 Å². The molecule has 0 saturated carbocycles. The molecule has 2 aromatic carbocycles. The summed E-state index contributed by atoms with van der Waals surface area (Å²) in [6.45, 7) is 2.38. The zero-order chi connectivity index (χ0) is 19.2. The maximum absolute atomic E-state index is 12.9. The molecular weight excluding hydrogens is 343 g/mol. The van der Waals surface area contributed by atoms with Gasteiger partial charge in [-0.25, -0.2) is 9.37 Å². The third-order valence-corrected chi connectivity index (χ3v) is 3.99. The molecule has 1 amide bonds. The Morgan fingerprint density at radius 1 is 1.07 bits per heavy atom. The number of anilines is 2. The zero-order valence-corrected chi connectivity index (χ0v) is 14.7. The minimum atomic E-state index is -0.381. The van der Waals surface area contributed by atoms with Gasteiger partial charge in [0.2, 0.25) is 0 Å². The number of nitrogens with one attached hydrogen (secondary N) is 2. The topological polar surface area (TPSA) is 77.8 Å². The fourth-order valence-corrected chi connectivity index (χ4v) is 2.44. The minimum Gasteiger partial charge on any atom is -0.366 e. The van der Waals surface area contributed by atoms with Crippen molar-refractivity contribution in [2.45, 2.75) is 13.5 Å². The number of hydrogen-bond donors (Lipinski definition) is 2. The van der Waals surface area contributed by atoms with Crippen molar-refractivity contribution in [3.05, 3.63) is 88.9 Å². The number of amides is 1. The molecule has 0 unspecified atom stereocenters. The molecule has 0 bridgehead atoms. The van der Waals surface area contributed by atoms with E-state index in [0.717, 1.165) is 11.1 Å². The first-order valence-corrected chi connectivity index (χ1v) is 8.32. The number of nitrogens with zero attached hydrogens (tertiary/aromatic N) is 2. The summed E-state index contributed by atoms with van der Waals surface area (Å²) in [5, 5.41) is 15.0. The average molecular weight is 360 g/mol. The van der Waals surface area contributed by atoms with Crippen LogP contribution in [0.4, 0.5) is 15.9 Å². The zero-order valence-electron chi connectivity index (χ0n) is 14.7. The SMILES string of the molecule is Cc1ccc(NCc2ccc(NC(=O)c3ccc(F)cc3)cc2)nc1C#N. The molecule has 0 aliphatic carbocycles. The smallest absolute Gasteiger partial charge is 0.255 e. The lowest BCUT2D eigenvalue weighted by molar-refractivity contribution is 0.102. The van der Waals surface area contributed by atoms with Crippen LogP contribution in [-0.4, -0.2) is 10.9 Å². The van der Waals surface area contributed by atoms with E-state index < -0.39 is 0 Å². The maximum atomic E-state index is 12.9. The standard InChI is InChI=1S/C21H17FN4O/c1-14-2-11-20(26-19(14)12-23)24-13-15-3-9-18(10-4-15)25-21(27)16-5-7-17(22)8-6-16/h2-11H,13H2,1H3,(H,24,26)(H,25,27). The Hall–Kier alpha value is -3.72. The summed E-state index contributed by atoms with van der Waals surface area (Å²) in [6, 6.07) is 18.5. The van der Waals surface area contributed by atoms with E-state index in [4.69, 9.17) is 5.26 Å². The highest BCUT2D eigenvalue weighted by Gasteiger charge is 2.06. The van der Waals surface area contributed by atoms with E-state index in [-0.39, 0.29) is 11.7 Å². The number of carbonyl (C=O) groups is 1. The van der Waals surface area contributed by atoms with Gasteiger partial charge >= 0.3 is 0 Å². The van der Waals surface area contributed by atoms with E-state index >= 15 is 0 Å². The molecular formula is C21H17FN4O. The van der Waals surface area contributed by atoms with Crippen molar-refractivity contribution in [3.8, 4) is 6.07 Å². The Kier molecular flexibility index (Phi) is 5.43. The van der Waals surface area contributed by atoms with Crippen LogP contribution in [0.25, 0.3) is 0 Å². The third kappa shape index (κ3) is 4.67. The van der Waals surface area contributed by atoms with Crippen LogP contribution in [0.15, 0.2) is 60.7 Å². The normalized spacial score (nSPS) is 10.1. The summed E-state index contributed by atoms with van der Waals surface area (Å²) < 4.78 is 12.9. The van der Waals surface area contributed by atoms with E-state index in [2.05, 4.69) is 21.7 Å². The Labute approximate surface area is 156 Å². The number of halogens is 1. The molecule has 27 heavy (non-hydrogen) atoms. The first-order chi connectivity index (χ1) is 13.0. The van der Waals surface area contributed by atoms with Gasteiger partial charge in [0.05, 0.1) is 0 Å². The molecule has 134 valence electrons. The highest BCUT2D eigenvalue weighted by atomic mass is 19.1. The van der Waals surface area contributed by atoms with E-state index in [9.17, 15) is 9.18 Å². The highest BCUT2D eigenvalue weighted by Crippen LogP contribution is 2.14. The second-order valence-corrected chi connectivity index (χ2v) is 5.99. The van der Waals surface area contributed by atoms with Gasteiger partial charge in [0, 0.05) is 17.8 Å². The lowest BCUT2D eigenvalue weighted by Gasteiger charge is -2.09. The number of rotatable bonds is 5. The second-order valence-electron chi connectivity index (χ2n) is 5.99. The van der Waals surface area contributed by atoms with E-state index in [1.807, 2.05) is 31.2 Å². The molecule has 0 spiro atoms. The summed E-state index contributed by atoms with van der Waals surface area (Å²) in [6.07, 6.45) is 0. The first-order valence-electron chi connectivity index (χ1n) is 8.32. The summed E-state index contributed by atoms with van der Waals surface area (Å²) in [5.74, 6) is -0.0482. The molecule has 1 aromatic heterocycles. The van der Waals surface area contributed by atoms with Gasteiger partial charge in [-0.1, -0.05) is 18.2 Å². The van der Waals surface area contributed by atoms with Crippen molar-refractivity contribution >= 4 is 17.4 Å². The fraction of sp³-hybridized carbons (Fsp3) is 0.0952. The van der Waals surface area contributed by atoms with Crippen LogP contribution in [0.1, 0.15) is 27.2 Å². The molecule has 1 heterocycles. The summed E-state index contributed by atoms with van der Waals surface area (Å²) in [5.41, 5.74) is 3.27. The molecule has 3 rings (SSSR count). The van der Waals surface area contributed by atoms with Gasteiger partial charge in [-0.15, -0.1) is 0 Å². The first kappa shape index (κ1) is 18.1. The second kappa shape index (κ2) is 8.11. The Morgan fingerprint density at radius 3 is 2.44 bits per heavy atom. The lowest BCUT2D eigenvalue weighted by atomic mass is 10.1. The van der Waals surface area contributed by atoms with E-state index in [0.29, 0.717) is 29.3 Å². The average Bonchev–Trinajstić information content (AvgIpc) is 2.69. The predicted molar refractivity (Wildman–Crippen MR) is 102 cm³/mol. The van der Waals surface area contributed by atoms with Gasteiger partial charge in [-0.2, -0.15) is 5.26 Å². The predicted octanol–water partition coefficient (Wildman–Crippen LogP) is 4.27. The van der Waals surface area contributed by atoms with Crippen molar-refractivity contribution in [1.82, 2.24) is 4.98 Å². The number of nitriles is 1. The van der Waals surface area contributed by atoms with Crippen LogP contribution in [0.2, 0.25) is 0 Å². The Morgan fingerprint density at radius 2 is 1.78 bits per heavy atom. The van der Waals surface area contributed by atoms with Crippen molar-refractivity contribution in [1.29, 1.82) is 5.26 Å². The molecule has 0 fully saturated rings. The monoisotopic (exact) mass is 360 g/mol. The van der Waals surface area contributed by atoms with Crippen LogP contribution in [0.3, 0.4) is 0 Å². The summed E-state index contributed by atoms with van der Waals surface area (Å²) in [7, 11) is 0. The third-order valence-electron chi connectivity index (χ3n) is 3.99. The molecule has 0 atom stereocenters. The van der Waals surface area contributed by atoms with Crippen LogP contribution < -0.4 is 10.6 Å². The van der Waals surface area contributed by atoms with Gasteiger partial charge in [0.15, 0.2) is 0 Å². The van der Waals surface area contributed by atoms with Crippen LogP contribution in [-0.2, 0) is 6.54 Å². The van der Waals surface area contributed by atoms with E-state index in [1.54, 1.807) is 12.1 Å². The summed E-state index contributed by atoms with van der Waals surface area (Å²) >= 11 is 0. The number of benzene rings is 2. The Bertz CT molecular complexity index is 992. The molecule has 5 nitrogen and oxygen atoms in total. The maximum Gasteiger partial charge on any atom is 0.255 e. The largest absolute Gasteiger partial charge is 0.366 e.